The zero-order valence-electron chi connectivity index (χ0n) is 18.6. The van der Waals surface area contributed by atoms with Crippen molar-refractivity contribution in [3.8, 4) is 0 Å². The maximum absolute atomic E-state index is 13.6. The van der Waals surface area contributed by atoms with Gasteiger partial charge in [-0.25, -0.2) is 0 Å². The van der Waals surface area contributed by atoms with Gasteiger partial charge in [-0.15, -0.1) is 0 Å². The van der Waals surface area contributed by atoms with Crippen LogP contribution in [-0.2, 0) is 4.79 Å². The predicted molar refractivity (Wildman–Crippen MR) is 129 cm³/mol. The van der Waals surface area contributed by atoms with Gasteiger partial charge in [0.15, 0.2) is 5.78 Å². The van der Waals surface area contributed by atoms with Gasteiger partial charge < -0.3 is 10.6 Å². The van der Waals surface area contributed by atoms with Crippen LogP contribution in [0.15, 0.2) is 48.6 Å². The Morgan fingerprint density at radius 1 is 1.16 bits per heavy atom. The third kappa shape index (κ3) is 4.45. The Hall–Kier alpha value is -3.02. The lowest BCUT2D eigenvalue weighted by molar-refractivity contribution is -0.126. The molecule has 1 fully saturated rings. The number of unbranched alkanes of at least 4 members (excludes halogenated alkanes) is 2. The second-order valence-corrected chi connectivity index (χ2v) is 9.07. The SMILES string of the molecule is N=C1CCCCN1CCCCCC1(C(=N)N)C=CCC(c2ccc3ccccc3n2)C1=O. The van der Waals surface area contributed by atoms with Crippen molar-refractivity contribution in [2.75, 3.05) is 13.1 Å². The van der Waals surface area contributed by atoms with Crippen LogP contribution in [0.5, 0.6) is 0 Å². The highest BCUT2D eigenvalue weighted by Crippen LogP contribution is 2.40. The summed E-state index contributed by atoms with van der Waals surface area (Å²) in [6.07, 6.45) is 11.0. The Balaban J connectivity index is 1.42. The minimum Gasteiger partial charge on any atom is -0.387 e. The number of pyridine rings is 1. The van der Waals surface area contributed by atoms with Crippen molar-refractivity contribution < 1.29 is 4.79 Å². The van der Waals surface area contributed by atoms with Crippen LogP contribution in [0.1, 0.15) is 63.0 Å². The monoisotopic (exact) mass is 431 g/mol. The highest BCUT2D eigenvalue weighted by Gasteiger charge is 2.45. The minimum atomic E-state index is -1.03. The normalized spacial score (nSPS) is 23.6. The fourth-order valence-corrected chi connectivity index (χ4v) is 5.02. The van der Waals surface area contributed by atoms with Gasteiger partial charge in [-0.3, -0.25) is 20.6 Å². The third-order valence-electron chi connectivity index (χ3n) is 6.96. The number of piperidine rings is 1. The van der Waals surface area contributed by atoms with Crippen molar-refractivity contribution in [2.24, 2.45) is 11.1 Å². The molecule has 0 saturated carbocycles. The Morgan fingerprint density at radius 2 is 2.00 bits per heavy atom. The van der Waals surface area contributed by atoms with Crippen LogP contribution < -0.4 is 5.73 Å². The molecule has 1 aromatic carbocycles. The lowest BCUT2D eigenvalue weighted by Gasteiger charge is -2.35. The molecule has 6 heteroatoms. The number of carbonyl (C=O) groups excluding carboxylic acids is 1. The number of hydrogen-bond donors (Lipinski definition) is 3. The number of likely N-dealkylation sites (tertiary alicyclic amines) is 1. The van der Waals surface area contributed by atoms with E-state index in [0.29, 0.717) is 12.8 Å². The van der Waals surface area contributed by atoms with E-state index in [1.54, 1.807) is 0 Å². The molecule has 6 nitrogen and oxygen atoms in total. The lowest BCUT2D eigenvalue weighted by atomic mass is 9.68. The molecule has 4 N–H and O–H groups in total. The molecule has 0 radical (unpaired) electrons. The first-order valence-electron chi connectivity index (χ1n) is 11.8. The topological polar surface area (TPSA) is 107 Å². The molecule has 32 heavy (non-hydrogen) atoms. The Morgan fingerprint density at radius 3 is 2.81 bits per heavy atom. The van der Waals surface area contributed by atoms with Crippen molar-refractivity contribution in [3.05, 3.63) is 54.2 Å². The summed E-state index contributed by atoms with van der Waals surface area (Å²) in [4.78, 5) is 20.6. The molecule has 0 spiro atoms. The summed E-state index contributed by atoms with van der Waals surface area (Å²) in [6, 6.07) is 11.8. The van der Waals surface area contributed by atoms with Crippen molar-refractivity contribution in [3.63, 3.8) is 0 Å². The number of amidine groups is 2. The zero-order chi connectivity index (χ0) is 22.6. The number of nitrogens with one attached hydrogen (secondary N) is 2. The van der Waals surface area contributed by atoms with E-state index in [4.69, 9.17) is 21.5 Å². The average molecular weight is 432 g/mol. The average Bonchev–Trinajstić information content (AvgIpc) is 2.80. The summed E-state index contributed by atoms with van der Waals surface area (Å²) in [5.41, 5.74) is 6.63. The molecular weight excluding hydrogens is 398 g/mol. The van der Waals surface area contributed by atoms with Gasteiger partial charge in [-0.05, 0) is 44.2 Å². The largest absolute Gasteiger partial charge is 0.387 e. The van der Waals surface area contributed by atoms with Crippen molar-refractivity contribution >= 4 is 28.4 Å². The summed E-state index contributed by atoms with van der Waals surface area (Å²) < 4.78 is 0. The van der Waals surface area contributed by atoms with Crippen LogP contribution in [0.2, 0.25) is 0 Å². The van der Waals surface area contributed by atoms with Crippen molar-refractivity contribution in [1.29, 1.82) is 10.8 Å². The van der Waals surface area contributed by atoms with Gasteiger partial charge >= 0.3 is 0 Å². The van der Waals surface area contributed by atoms with E-state index in [2.05, 4.69) is 4.90 Å². The van der Waals surface area contributed by atoms with Gasteiger partial charge in [0, 0.05) is 24.9 Å². The smallest absolute Gasteiger partial charge is 0.159 e. The summed E-state index contributed by atoms with van der Waals surface area (Å²) in [5, 5.41) is 17.4. The number of allylic oxidation sites excluding steroid dienone is 1. The number of ketones is 1. The summed E-state index contributed by atoms with van der Waals surface area (Å²) >= 11 is 0. The Labute approximate surface area is 189 Å². The van der Waals surface area contributed by atoms with Crippen molar-refractivity contribution in [2.45, 2.75) is 57.3 Å². The summed E-state index contributed by atoms with van der Waals surface area (Å²) in [5.74, 6) is 0.310. The lowest BCUT2D eigenvalue weighted by Crippen LogP contribution is -2.46. The number of nitrogens with zero attached hydrogens (tertiary/aromatic N) is 2. The number of rotatable bonds is 8. The maximum atomic E-state index is 13.6. The number of hydrogen-bond acceptors (Lipinski definition) is 4. The van der Waals surface area contributed by atoms with E-state index in [0.717, 1.165) is 67.6 Å². The van der Waals surface area contributed by atoms with Gasteiger partial charge in [0.05, 0.1) is 23.0 Å². The Kier molecular flexibility index (Phi) is 6.68. The molecule has 2 unspecified atom stereocenters. The second kappa shape index (κ2) is 9.63. The number of fused-ring (bicyclic) bond motifs is 1. The molecule has 2 aliphatic rings. The number of aromatic nitrogens is 1. The van der Waals surface area contributed by atoms with Gasteiger partial charge in [-0.1, -0.05) is 49.3 Å². The molecule has 1 aromatic heterocycles. The molecule has 0 amide bonds. The van der Waals surface area contributed by atoms with Crippen LogP contribution in [0.3, 0.4) is 0 Å². The molecule has 1 saturated heterocycles. The Bertz CT molecular complexity index is 1050. The van der Waals surface area contributed by atoms with Gasteiger partial charge in [0.25, 0.3) is 0 Å². The van der Waals surface area contributed by atoms with Crippen LogP contribution in [0.4, 0.5) is 0 Å². The number of benzene rings is 1. The summed E-state index contributed by atoms with van der Waals surface area (Å²) in [6.45, 7) is 1.89. The quantitative estimate of drug-likeness (QED) is 0.242. The van der Waals surface area contributed by atoms with Gasteiger partial charge in [0.2, 0.25) is 0 Å². The van der Waals surface area contributed by atoms with Crippen molar-refractivity contribution in [1.82, 2.24) is 9.88 Å². The van der Waals surface area contributed by atoms with Crippen LogP contribution >= 0.6 is 0 Å². The standard InChI is InChI=1S/C26H33N5O/c27-23-12-4-7-18-31(23)17-6-1-5-15-26(25(28)29)16-8-10-20(24(26)32)22-14-13-19-9-2-3-11-21(19)30-22/h2-3,8-9,11,13-14,16,20,27H,1,4-7,10,12,15,17-18H2,(H3,28,29). The molecule has 0 bridgehead atoms. The number of carbonyl (C=O) groups is 1. The zero-order valence-corrected chi connectivity index (χ0v) is 18.6. The number of Topliss-reactive ketones (excluding diaryl/α,β-unsaturated/α-hetero) is 1. The fourth-order valence-electron chi connectivity index (χ4n) is 5.02. The molecule has 4 rings (SSSR count). The molecule has 1 aliphatic carbocycles. The van der Waals surface area contributed by atoms with Crippen LogP contribution in [-0.4, -0.2) is 40.4 Å². The van der Waals surface area contributed by atoms with Crippen LogP contribution in [0, 0.1) is 16.2 Å². The van der Waals surface area contributed by atoms with Crippen LogP contribution in [0.25, 0.3) is 10.9 Å². The second-order valence-electron chi connectivity index (χ2n) is 9.07. The van der Waals surface area contributed by atoms with E-state index < -0.39 is 5.41 Å². The third-order valence-corrected chi connectivity index (χ3v) is 6.96. The maximum Gasteiger partial charge on any atom is 0.159 e. The molecule has 2 aromatic rings. The first kappa shape index (κ1) is 22.2. The molecule has 168 valence electrons. The van der Waals surface area contributed by atoms with E-state index in [1.807, 2.05) is 48.6 Å². The molecular formula is C26H33N5O. The van der Waals surface area contributed by atoms with E-state index in [1.165, 1.54) is 6.42 Å². The highest BCUT2D eigenvalue weighted by molar-refractivity contribution is 6.11. The first-order chi connectivity index (χ1) is 15.5. The number of nitrogens with two attached hydrogens (primary N) is 1. The van der Waals surface area contributed by atoms with Gasteiger partial charge in [0.1, 0.15) is 11.3 Å². The predicted octanol–water partition coefficient (Wildman–Crippen LogP) is 4.79. The fraction of sp³-hybridized carbons (Fsp3) is 0.462. The van der Waals surface area contributed by atoms with E-state index >= 15 is 0 Å². The van der Waals surface area contributed by atoms with E-state index in [9.17, 15) is 4.79 Å². The summed E-state index contributed by atoms with van der Waals surface area (Å²) in [7, 11) is 0. The minimum absolute atomic E-state index is 0.00640. The number of para-hydroxylation sites is 1. The van der Waals surface area contributed by atoms with Gasteiger partial charge in [-0.2, -0.15) is 0 Å². The van der Waals surface area contributed by atoms with E-state index in [-0.39, 0.29) is 17.5 Å². The molecule has 2 atom stereocenters. The molecule has 2 heterocycles. The molecule has 1 aliphatic heterocycles. The first-order valence-corrected chi connectivity index (χ1v) is 11.8. The highest BCUT2D eigenvalue weighted by atomic mass is 16.1.